The fourth-order valence-electron chi connectivity index (χ4n) is 3.26. The largest absolute Gasteiger partial charge is 0.496 e. The van der Waals surface area contributed by atoms with E-state index in [1.54, 1.807) is 7.11 Å². The quantitative estimate of drug-likeness (QED) is 0.805. The molecule has 0 bridgehead atoms. The number of aryl methyl sites for hydroxylation is 1. The molecule has 25 heavy (non-hydrogen) atoms. The van der Waals surface area contributed by atoms with Crippen molar-refractivity contribution >= 4 is 5.97 Å². The highest BCUT2D eigenvalue weighted by Gasteiger charge is 2.33. The third-order valence-electron chi connectivity index (χ3n) is 4.67. The zero-order chi connectivity index (χ0) is 17.8. The lowest BCUT2D eigenvalue weighted by Gasteiger charge is -2.17. The van der Waals surface area contributed by atoms with E-state index >= 15 is 0 Å². The molecule has 1 saturated carbocycles. The van der Waals surface area contributed by atoms with Crippen LogP contribution < -0.4 is 10.1 Å². The van der Waals surface area contributed by atoms with Gasteiger partial charge in [-0.1, -0.05) is 23.7 Å². The number of nitrogens with one attached hydrogen (secondary N) is 1. The highest BCUT2D eigenvalue weighted by Crippen LogP contribution is 2.27. The average molecular weight is 345 g/mol. The average Bonchev–Trinajstić information content (AvgIpc) is 3.29. The third kappa shape index (κ3) is 3.82. The molecular weight excluding hydrogens is 322 g/mol. The van der Waals surface area contributed by atoms with E-state index in [1.165, 1.54) is 7.11 Å². The first-order valence-electron chi connectivity index (χ1n) is 8.41. The van der Waals surface area contributed by atoms with Crippen LogP contribution in [-0.2, 0) is 16.1 Å². The summed E-state index contributed by atoms with van der Waals surface area (Å²) in [5, 5.41) is 7.37. The summed E-state index contributed by atoms with van der Waals surface area (Å²) in [6, 6.07) is 5.87. The number of carbonyl (C=O) groups excluding carboxylic acids is 1. The maximum Gasteiger partial charge on any atom is 0.310 e. The molecule has 1 aliphatic rings. The van der Waals surface area contributed by atoms with Gasteiger partial charge in [0.1, 0.15) is 5.75 Å². The molecule has 7 heteroatoms. The maximum absolute atomic E-state index is 11.8. The second-order valence-corrected chi connectivity index (χ2v) is 6.24. The lowest BCUT2D eigenvalue weighted by Crippen LogP contribution is -2.36. The number of nitrogens with zero attached hydrogens (tertiary/aromatic N) is 2. The maximum atomic E-state index is 11.8. The topological polar surface area (TPSA) is 86.5 Å². The van der Waals surface area contributed by atoms with Crippen molar-refractivity contribution in [2.45, 2.75) is 38.8 Å². The number of benzene rings is 1. The molecule has 3 rings (SSSR count). The van der Waals surface area contributed by atoms with Crippen molar-refractivity contribution in [3.05, 3.63) is 29.7 Å². The molecule has 0 amide bonds. The number of esters is 1. The van der Waals surface area contributed by atoms with Gasteiger partial charge in [-0.25, -0.2) is 0 Å². The van der Waals surface area contributed by atoms with Gasteiger partial charge >= 0.3 is 5.97 Å². The molecule has 2 atom stereocenters. The van der Waals surface area contributed by atoms with Crippen molar-refractivity contribution < 1.29 is 18.8 Å². The highest BCUT2D eigenvalue weighted by atomic mass is 16.5. The van der Waals surface area contributed by atoms with Crippen molar-refractivity contribution in [3.8, 4) is 17.1 Å². The zero-order valence-corrected chi connectivity index (χ0v) is 14.7. The molecule has 0 spiro atoms. The second-order valence-electron chi connectivity index (χ2n) is 6.24. The Balaban J connectivity index is 1.65. The highest BCUT2D eigenvalue weighted by molar-refractivity contribution is 5.73. The minimum Gasteiger partial charge on any atom is -0.496 e. The molecule has 0 aliphatic heterocycles. The summed E-state index contributed by atoms with van der Waals surface area (Å²) in [7, 11) is 3.06. The van der Waals surface area contributed by atoms with E-state index < -0.39 is 0 Å². The fourth-order valence-corrected chi connectivity index (χ4v) is 3.26. The number of hydrogen-bond donors (Lipinski definition) is 1. The first-order valence-corrected chi connectivity index (χ1v) is 8.41. The van der Waals surface area contributed by atoms with Gasteiger partial charge in [0.25, 0.3) is 0 Å². The van der Waals surface area contributed by atoms with Gasteiger partial charge in [0.15, 0.2) is 0 Å². The first kappa shape index (κ1) is 17.4. The van der Waals surface area contributed by atoms with Crippen molar-refractivity contribution in [2.75, 3.05) is 14.2 Å². The molecule has 1 N–H and O–H groups in total. The predicted octanol–water partition coefficient (Wildman–Crippen LogP) is 2.48. The van der Waals surface area contributed by atoms with E-state index in [0.717, 1.165) is 36.1 Å². The van der Waals surface area contributed by atoms with E-state index in [0.29, 0.717) is 18.3 Å². The smallest absolute Gasteiger partial charge is 0.310 e. The van der Waals surface area contributed by atoms with E-state index in [9.17, 15) is 4.79 Å². The molecule has 1 fully saturated rings. The molecule has 7 nitrogen and oxygen atoms in total. The van der Waals surface area contributed by atoms with E-state index in [-0.39, 0.29) is 17.9 Å². The molecule has 134 valence electrons. The van der Waals surface area contributed by atoms with Crippen molar-refractivity contribution in [1.82, 2.24) is 15.5 Å². The minimum absolute atomic E-state index is 0.0854. The Morgan fingerprint density at radius 2 is 2.20 bits per heavy atom. The van der Waals surface area contributed by atoms with Crippen LogP contribution in [0.4, 0.5) is 0 Å². The summed E-state index contributed by atoms with van der Waals surface area (Å²) in [5.74, 6) is 1.53. The molecule has 0 saturated heterocycles. The Morgan fingerprint density at radius 3 is 2.96 bits per heavy atom. The van der Waals surface area contributed by atoms with Gasteiger partial charge in [0, 0.05) is 11.6 Å². The van der Waals surface area contributed by atoms with Crippen LogP contribution in [0.1, 0.15) is 30.7 Å². The number of ether oxygens (including phenoxy) is 2. The summed E-state index contributed by atoms with van der Waals surface area (Å²) in [4.78, 5) is 16.2. The molecule has 1 aliphatic carbocycles. The normalized spacial score (nSPS) is 19.8. The summed E-state index contributed by atoms with van der Waals surface area (Å²) in [6.45, 7) is 2.40. The second kappa shape index (κ2) is 7.65. The Hall–Kier alpha value is -2.41. The summed E-state index contributed by atoms with van der Waals surface area (Å²) in [6.07, 6.45) is 2.80. The van der Waals surface area contributed by atoms with Crippen LogP contribution in [0.25, 0.3) is 11.4 Å². The third-order valence-corrected chi connectivity index (χ3v) is 4.67. The molecule has 1 aromatic heterocycles. The van der Waals surface area contributed by atoms with Gasteiger partial charge in [-0.3, -0.25) is 4.79 Å². The van der Waals surface area contributed by atoms with Crippen LogP contribution in [-0.4, -0.2) is 36.4 Å². The van der Waals surface area contributed by atoms with Gasteiger partial charge in [0.05, 0.1) is 26.7 Å². The monoisotopic (exact) mass is 345 g/mol. The van der Waals surface area contributed by atoms with Crippen LogP contribution in [0, 0.1) is 12.8 Å². The predicted molar refractivity (Wildman–Crippen MR) is 91.0 cm³/mol. The summed E-state index contributed by atoms with van der Waals surface area (Å²) in [5.41, 5.74) is 1.89. The van der Waals surface area contributed by atoms with Crippen LogP contribution in [0.5, 0.6) is 5.75 Å². The first-order chi connectivity index (χ1) is 12.1. The van der Waals surface area contributed by atoms with Gasteiger partial charge in [-0.05, 0) is 31.4 Å². The van der Waals surface area contributed by atoms with E-state index in [4.69, 9.17) is 14.0 Å². The number of hydrogen-bond acceptors (Lipinski definition) is 7. The van der Waals surface area contributed by atoms with Crippen LogP contribution in [0.15, 0.2) is 22.7 Å². The molecule has 0 radical (unpaired) electrons. The fraction of sp³-hybridized carbons (Fsp3) is 0.500. The van der Waals surface area contributed by atoms with Crippen molar-refractivity contribution in [2.24, 2.45) is 5.92 Å². The number of aromatic nitrogens is 2. The molecular formula is C18H23N3O4. The molecule has 2 aromatic rings. The van der Waals surface area contributed by atoms with Crippen molar-refractivity contribution in [1.29, 1.82) is 0 Å². The van der Waals surface area contributed by atoms with Gasteiger partial charge in [0.2, 0.25) is 11.7 Å². The Labute approximate surface area is 146 Å². The Morgan fingerprint density at radius 1 is 1.36 bits per heavy atom. The van der Waals surface area contributed by atoms with Gasteiger partial charge < -0.3 is 19.3 Å². The van der Waals surface area contributed by atoms with E-state index in [1.807, 2.05) is 25.1 Å². The lowest BCUT2D eigenvalue weighted by atomic mass is 10.0. The standard InChI is InChI=1S/C18H23N3O4/c1-11-7-8-12(9-15(11)23-2)17-20-16(25-21-17)10-19-14-6-4-5-13(14)18(22)24-3/h7-9,13-14,19H,4-6,10H2,1-3H3/t13-,14+/m0/s1. The molecule has 1 heterocycles. The Bertz CT molecular complexity index is 744. The number of rotatable bonds is 6. The number of methoxy groups -OCH3 is 2. The molecule has 1 aromatic carbocycles. The van der Waals surface area contributed by atoms with Crippen LogP contribution >= 0.6 is 0 Å². The van der Waals surface area contributed by atoms with Crippen LogP contribution in [0.3, 0.4) is 0 Å². The number of carbonyl (C=O) groups is 1. The lowest BCUT2D eigenvalue weighted by molar-refractivity contribution is -0.145. The zero-order valence-electron chi connectivity index (χ0n) is 14.7. The van der Waals surface area contributed by atoms with Gasteiger partial charge in [-0.2, -0.15) is 4.98 Å². The SMILES string of the molecule is COC(=O)[C@H]1CCC[C@H]1NCc1nc(-c2ccc(C)c(OC)c2)no1. The summed E-state index contributed by atoms with van der Waals surface area (Å²) >= 11 is 0. The minimum atomic E-state index is -0.159. The van der Waals surface area contributed by atoms with Gasteiger partial charge in [-0.15, -0.1) is 0 Å². The van der Waals surface area contributed by atoms with E-state index in [2.05, 4.69) is 15.5 Å². The Kier molecular flexibility index (Phi) is 5.33. The summed E-state index contributed by atoms with van der Waals surface area (Å²) < 4.78 is 15.5. The van der Waals surface area contributed by atoms with Crippen LogP contribution in [0.2, 0.25) is 0 Å². The van der Waals surface area contributed by atoms with Crippen molar-refractivity contribution in [3.63, 3.8) is 0 Å². The molecule has 0 unspecified atom stereocenters.